The number of carbonyl (C=O) groups is 3. The second kappa shape index (κ2) is 14.5. The molecule has 3 amide bonds. The fraction of sp³-hybridized carbons (Fsp3) is 0.415. The van der Waals surface area contributed by atoms with Crippen molar-refractivity contribution in [1.29, 1.82) is 0 Å². The first-order valence-electron chi connectivity index (χ1n) is 19.0. The predicted octanol–water partition coefficient (Wildman–Crippen LogP) is 3.39. The lowest BCUT2D eigenvalue weighted by molar-refractivity contribution is -0.134. The fourth-order valence-corrected chi connectivity index (χ4v) is 8.52. The third kappa shape index (κ3) is 6.69. The van der Waals surface area contributed by atoms with Gasteiger partial charge < -0.3 is 34.5 Å². The first-order valence-corrected chi connectivity index (χ1v) is 19.0. The highest BCUT2D eigenvalue weighted by Gasteiger charge is 2.38. The van der Waals surface area contributed by atoms with E-state index in [-0.39, 0.29) is 35.1 Å². The zero-order valence-electron chi connectivity index (χ0n) is 32.2. The van der Waals surface area contributed by atoms with Gasteiger partial charge in [0.15, 0.2) is 5.82 Å². The number of ether oxygens (including phenoxy) is 1. The van der Waals surface area contributed by atoms with Crippen molar-refractivity contribution in [1.82, 2.24) is 28.9 Å². The second-order valence-electron chi connectivity index (χ2n) is 15.9. The first kappa shape index (κ1) is 37.3. The number of pyridine rings is 1. The fourth-order valence-electron chi connectivity index (χ4n) is 8.52. The van der Waals surface area contributed by atoms with E-state index in [0.717, 1.165) is 18.4 Å². The lowest BCUT2D eigenvalue weighted by Gasteiger charge is -2.35. The van der Waals surface area contributed by atoms with Gasteiger partial charge in [-0.3, -0.25) is 29.0 Å². The van der Waals surface area contributed by atoms with Gasteiger partial charge in [-0.15, -0.1) is 0 Å². The number of amides is 3. The van der Waals surface area contributed by atoms with E-state index < -0.39 is 18.1 Å². The number of likely N-dealkylation sites (N-methyl/N-ethyl adjacent to an activating group) is 1. The molecule has 4 aromatic rings. The normalized spacial score (nSPS) is 19.6. The van der Waals surface area contributed by atoms with E-state index in [9.17, 15) is 24.3 Å². The maximum absolute atomic E-state index is 14.0. The van der Waals surface area contributed by atoms with Gasteiger partial charge in [0.25, 0.3) is 11.5 Å². The number of nitrogens with zero attached hydrogens (tertiary/aromatic N) is 7. The van der Waals surface area contributed by atoms with E-state index in [0.29, 0.717) is 85.5 Å². The van der Waals surface area contributed by atoms with Crippen molar-refractivity contribution in [2.24, 2.45) is 12.5 Å². The minimum Gasteiger partial charge on any atom is -0.392 e. The molecular formula is C41H47N9O6. The molecule has 2 saturated heterocycles. The molecule has 0 unspecified atom stereocenters. The highest BCUT2D eigenvalue weighted by molar-refractivity contribution is 6.06. The van der Waals surface area contributed by atoms with Gasteiger partial charge in [0.2, 0.25) is 11.8 Å². The number of benzene rings is 1. The maximum atomic E-state index is 14.0. The van der Waals surface area contributed by atoms with E-state index in [1.165, 1.54) is 21.9 Å². The Bertz CT molecular complexity index is 2330. The third-order valence-corrected chi connectivity index (χ3v) is 11.6. The number of aromatic nitrogens is 4. The summed E-state index contributed by atoms with van der Waals surface area (Å²) < 4.78 is 8.90. The van der Waals surface area contributed by atoms with Crippen LogP contribution in [0.15, 0.2) is 60.2 Å². The van der Waals surface area contributed by atoms with Crippen LogP contribution >= 0.6 is 0 Å². The monoisotopic (exact) mass is 761 g/mol. The van der Waals surface area contributed by atoms with Gasteiger partial charge in [-0.05, 0) is 66.1 Å². The van der Waals surface area contributed by atoms with Crippen LogP contribution in [0.1, 0.15) is 59.2 Å². The van der Waals surface area contributed by atoms with Crippen LogP contribution < -0.4 is 21.1 Å². The molecule has 15 nitrogen and oxygen atoms in total. The van der Waals surface area contributed by atoms with Gasteiger partial charge >= 0.3 is 0 Å². The summed E-state index contributed by atoms with van der Waals surface area (Å²) in [5, 5.41) is 16.8. The van der Waals surface area contributed by atoms with Gasteiger partial charge in [0, 0.05) is 74.3 Å². The molecule has 292 valence electrons. The molecule has 1 atom stereocenters. The van der Waals surface area contributed by atoms with Crippen LogP contribution in [-0.4, -0.2) is 97.7 Å². The van der Waals surface area contributed by atoms with Crippen molar-refractivity contribution in [2.45, 2.75) is 58.3 Å². The Morgan fingerprint density at radius 1 is 1.09 bits per heavy atom. The summed E-state index contributed by atoms with van der Waals surface area (Å²) in [5.74, 6) is -0.275. The lowest BCUT2D eigenvalue weighted by atomic mass is 9.90. The molecule has 0 saturated carbocycles. The Morgan fingerprint density at radius 3 is 2.62 bits per heavy atom. The molecule has 0 radical (unpaired) electrons. The number of rotatable bonds is 9. The summed E-state index contributed by atoms with van der Waals surface area (Å²) in [5.41, 5.74) is 5.80. The number of aliphatic hydroxyl groups excluding tert-OH is 1. The van der Waals surface area contributed by atoms with Gasteiger partial charge in [0.05, 0.1) is 44.1 Å². The number of nitrogens with one attached hydrogen (secondary N) is 2. The predicted molar refractivity (Wildman–Crippen MR) is 211 cm³/mol. The van der Waals surface area contributed by atoms with E-state index in [1.807, 2.05) is 12.1 Å². The van der Waals surface area contributed by atoms with Crippen molar-refractivity contribution in [3.05, 3.63) is 93.8 Å². The molecule has 1 aromatic carbocycles. The van der Waals surface area contributed by atoms with E-state index >= 15 is 0 Å². The molecule has 56 heavy (non-hydrogen) atoms. The molecule has 3 aromatic heterocycles. The summed E-state index contributed by atoms with van der Waals surface area (Å²) >= 11 is 0. The van der Waals surface area contributed by atoms with Gasteiger partial charge in [-0.25, -0.2) is 9.97 Å². The average Bonchev–Trinajstić information content (AvgIpc) is 3.59. The summed E-state index contributed by atoms with van der Waals surface area (Å²) in [7, 11) is 3.38. The molecule has 4 aliphatic rings. The molecule has 3 aliphatic heterocycles. The van der Waals surface area contributed by atoms with Crippen LogP contribution in [-0.2, 0) is 47.4 Å². The Labute approximate surface area is 324 Å². The third-order valence-electron chi connectivity index (χ3n) is 11.6. The Balaban J connectivity index is 1.10. The van der Waals surface area contributed by atoms with Crippen molar-refractivity contribution in [2.75, 3.05) is 55.4 Å². The number of fused-ring (bicyclic) bond motifs is 3. The van der Waals surface area contributed by atoms with Crippen LogP contribution in [0.5, 0.6) is 0 Å². The molecule has 2 fully saturated rings. The highest BCUT2D eigenvalue weighted by Crippen LogP contribution is 2.40. The highest BCUT2D eigenvalue weighted by atomic mass is 16.5. The molecule has 0 spiro atoms. The average molecular weight is 762 g/mol. The van der Waals surface area contributed by atoms with E-state index in [1.54, 1.807) is 54.5 Å². The summed E-state index contributed by atoms with van der Waals surface area (Å²) in [4.78, 5) is 68.2. The SMILES string of the molecule is C=CC(=O)Nc1cc(Nc2nc(-c3ccnc(N4CCn5c(cc6c5CC(C)(C)C6)C4=O)c3CO)cn(C)c2=O)ccc1[C@@H]1CCN(C2COC2)CC(=O)N1C. The van der Waals surface area contributed by atoms with Crippen LogP contribution in [0.3, 0.4) is 0 Å². The van der Waals surface area contributed by atoms with Crippen LogP contribution in [0, 0.1) is 5.41 Å². The molecule has 6 heterocycles. The number of hydrogen-bond acceptors (Lipinski definition) is 10. The minimum atomic E-state index is -0.422. The second-order valence-corrected chi connectivity index (χ2v) is 15.9. The number of hydrogen-bond donors (Lipinski definition) is 3. The standard InChI is InChI=1S/C41H47N9O6/c1-6-35(52)44-30-16-25(7-8-28(30)32-10-12-48(26-22-56-23-26)20-36(53)47(32)5)43-37-40(55)46(4)19-31(45-37)27-9-11-42-38(29(27)21-51)50-14-13-49-33(39(50)54)15-24-17-41(2,3)18-34(24)49/h6-9,11,15-16,19,26,32,51H,1,10,12-14,17-18,20-23H2,2-5H3,(H,43,45)(H,44,52)/t32-/m0/s1. The molecule has 3 N–H and O–H groups in total. The zero-order chi connectivity index (χ0) is 39.5. The zero-order valence-corrected chi connectivity index (χ0v) is 32.2. The molecule has 15 heteroatoms. The maximum Gasteiger partial charge on any atom is 0.293 e. The molecule has 1 aliphatic carbocycles. The number of aryl methyl sites for hydroxylation is 1. The van der Waals surface area contributed by atoms with Crippen LogP contribution in [0.25, 0.3) is 11.3 Å². The molecule has 8 rings (SSSR count). The Morgan fingerprint density at radius 2 is 1.89 bits per heavy atom. The van der Waals surface area contributed by atoms with Gasteiger partial charge in [0.1, 0.15) is 11.5 Å². The van der Waals surface area contributed by atoms with Crippen molar-refractivity contribution < 1.29 is 24.2 Å². The largest absolute Gasteiger partial charge is 0.392 e. The smallest absolute Gasteiger partial charge is 0.293 e. The summed E-state index contributed by atoms with van der Waals surface area (Å²) in [6, 6.07) is 8.94. The van der Waals surface area contributed by atoms with Gasteiger partial charge in [-0.1, -0.05) is 26.5 Å². The summed E-state index contributed by atoms with van der Waals surface area (Å²) in [6.45, 7) is 10.9. The van der Waals surface area contributed by atoms with Crippen molar-refractivity contribution >= 4 is 40.7 Å². The minimum absolute atomic E-state index is 0.00503. The van der Waals surface area contributed by atoms with Gasteiger partial charge in [-0.2, -0.15) is 0 Å². The van der Waals surface area contributed by atoms with Crippen molar-refractivity contribution in [3.63, 3.8) is 0 Å². The Hall–Kier alpha value is -5.64. The van der Waals surface area contributed by atoms with Crippen molar-refractivity contribution in [3.8, 4) is 11.3 Å². The van der Waals surface area contributed by atoms with E-state index in [4.69, 9.17) is 9.72 Å². The molecule has 0 bridgehead atoms. The number of anilines is 4. The first-order chi connectivity index (χ1) is 26.8. The van der Waals surface area contributed by atoms with Crippen LogP contribution in [0.4, 0.5) is 23.0 Å². The summed E-state index contributed by atoms with van der Waals surface area (Å²) in [6.07, 6.45) is 6.82. The number of carbonyl (C=O) groups excluding carboxylic acids is 3. The number of aliphatic hydroxyl groups is 1. The topological polar surface area (TPSA) is 167 Å². The Kier molecular flexibility index (Phi) is 9.63. The van der Waals surface area contributed by atoms with Crippen LogP contribution in [0.2, 0.25) is 0 Å². The quantitative estimate of drug-likeness (QED) is 0.215. The lowest BCUT2D eigenvalue weighted by Crippen LogP contribution is -2.51. The molecular weight excluding hydrogens is 715 g/mol. The van der Waals surface area contributed by atoms with E-state index in [2.05, 4.69) is 45.5 Å².